The second kappa shape index (κ2) is 9.40. The van der Waals surface area contributed by atoms with E-state index >= 15 is 0 Å². The summed E-state index contributed by atoms with van der Waals surface area (Å²) < 4.78 is 93.1. The second-order valence-electron chi connectivity index (χ2n) is 8.45. The molecule has 0 atom stereocenters. The van der Waals surface area contributed by atoms with Crippen LogP contribution in [0.3, 0.4) is 0 Å². The van der Waals surface area contributed by atoms with E-state index in [4.69, 9.17) is 9.47 Å². The highest BCUT2D eigenvalue weighted by atomic mass is 19.4. The number of ether oxygens (including phenoxy) is 2. The third kappa shape index (κ3) is 5.58. The number of alkyl halides is 5. The Labute approximate surface area is 201 Å². The topological polar surface area (TPSA) is 56.6 Å². The zero-order chi connectivity index (χ0) is 26.3. The molecule has 1 saturated heterocycles. The first-order valence-corrected chi connectivity index (χ1v) is 10.8. The van der Waals surface area contributed by atoms with Crippen molar-refractivity contribution in [1.29, 1.82) is 0 Å². The minimum Gasteiger partial charge on any atom is -0.473 e. The van der Waals surface area contributed by atoms with E-state index in [0.29, 0.717) is 5.56 Å². The molecule has 12 heteroatoms. The molecule has 2 heterocycles. The van der Waals surface area contributed by atoms with Crippen molar-refractivity contribution < 1.29 is 35.8 Å². The molecule has 36 heavy (non-hydrogen) atoms. The van der Waals surface area contributed by atoms with Crippen LogP contribution < -0.4 is 20.1 Å². The van der Waals surface area contributed by atoms with Gasteiger partial charge in [0.1, 0.15) is 18.2 Å². The average Bonchev–Trinajstić information content (AvgIpc) is 3.16. The fourth-order valence-corrected chi connectivity index (χ4v) is 3.79. The summed E-state index contributed by atoms with van der Waals surface area (Å²) in [5.41, 5.74) is -1.27. The molecule has 0 aliphatic carbocycles. The molecule has 1 aromatic heterocycles. The van der Waals surface area contributed by atoms with Crippen LogP contribution in [-0.2, 0) is 19.8 Å². The largest absolute Gasteiger partial charge is 0.473 e. The Morgan fingerprint density at radius 2 is 1.86 bits per heavy atom. The minimum absolute atomic E-state index is 0.00812. The van der Waals surface area contributed by atoms with Gasteiger partial charge in [-0.15, -0.1) is 0 Å². The van der Waals surface area contributed by atoms with Gasteiger partial charge in [-0.2, -0.15) is 18.2 Å². The first-order valence-electron chi connectivity index (χ1n) is 10.8. The summed E-state index contributed by atoms with van der Waals surface area (Å²) >= 11 is 0. The Balaban J connectivity index is 1.47. The lowest BCUT2D eigenvalue weighted by molar-refractivity contribution is -0.138. The molecule has 0 amide bonds. The number of aromatic nitrogens is 2. The lowest BCUT2D eigenvalue weighted by atomic mass is 10.1. The summed E-state index contributed by atoms with van der Waals surface area (Å²) in [4.78, 5) is 17.3. The molecule has 1 aliphatic rings. The molecule has 0 unspecified atom stereocenters. The van der Waals surface area contributed by atoms with Crippen molar-refractivity contribution in [3.05, 3.63) is 75.5 Å². The van der Waals surface area contributed by atoms with Crippen molar-refractivity contribution >= 4 is 5.82 Å². The molecular formula is C24H21F6N3O3. The van der Waals surface area contributed by atoms with E-state index in [2.05, 4.69) is 4.98 Å². The Morgan fingerprint density at radius 3 is 2.50 bits per heavy atom. The molecule has 1 fully saturated rings. The first-order chi connectivity index (χ1) is 16.8. The maximum absolute atomic E-state index is 14.6. The molecule has 0 N–H and O–H groups in total. The summed E-state index contributed by atoms with van der Waals surface area (Å²) in [5, 5.41) is 0. The van der Waals surface area contributed by atoms with Crippen LogP contribution in [0.1, 0.15) is 23.1 Å². The third-order valence-electron chi connectivity index (χ3n) is 5.71. The van der Waals surface area contributed by atoms with Crippen molar-refractivity contribution in [2.75, 3.05) is 18.0 Å². The molecule has 0 spiro atoms. The fourth-order valence-electron chi connectivity index (χ4n) is 3.79. The van der Waals surface area contributed by atoms with Gasteiger partial charge in [0.2, 0.25) is 5.88 Å². The van der Waals surface area contributed by atoms with Crippen LogP contribution >= 0.6 is 0 Å². The van der Waals surface area contributed by atoms with E-state index in [1.165, 1.54) is 49.2 Å². The van der Waals surface area contributed by atoms with E-state index < -0.39 is 35.7 Å². The molecule has 0 radical (unpaired) electrons. The standard InChI is InChI=1S/C24H21F6N3O3/c1-14-3-5-16(10-17(14)24(28,29)30)36-19-6-4-15(9-18(19)25)12-35-20-11-21(32(2)22(34)31-20)33-8-7-23(26,27)13-33/h3-6,9-11H,7-8,12-13H2,1-2H3. The van der Waals surface area contributed by atoms with Gasteiger partial charge in [-0.05, 0) is 42.3 Å². The number of halogens is 6. The quantitative estimate of drug-likeness (QED) is 0.410. The molecule has 0 bridgehead atoms. The molecule has 192 valence electrons. The Kier molecular flexibility index (Phi) is 6.63. The summed E-state index contributed by atoms with van der Waals surface area (Å²) in [6.07, 6.45) is -4.92. The van der Waals surface area contributed by atoms with Crippen LogP contribution in [0.15, 0.2) is 47.3 Å². The summed E-state index contributed by atoms with van der Waals surface area (Å²) in [6, 6.07) is 8.41. The number of hydrogen-bond donors (Lipinski definition) is 0. The average molecular weight is 513 g/mol. The SMILES string of the molecule is Cc1ccc(Oc2ccc(COc3cc(N4CCC(F)(F)C4)n(C)c(=O)n3)cc2F)cc1C(F)(F)F. The molecule has 6 nitrogen and oxygen atoms in total. The number of rotatable bonds is 6. The number of nitrogens with zero attached hydrogens (tertiary/aromatic N) is 3. The van der Waals surface area contributed by atoms with Crippen LogP contribution in [0.25, 0.3) is 0 Å². The first kappa shape index (κ1) is 25.4. The van der Waals surface area contributed by atoms with Gasteiger partial charge in [-0.3, -0.25) is 4.57 Å². The molecular weight excluding hydrogens is 492 g/mol. The van der Waals surface area contributed by atoms with Crippen molar-refractivity contribution in [2.24, 2.45) is 7.05 Å². The summed E-state index contributed by atoms with van der Waals surface area (Å²) in [7, 11) is 1.41. The van der Waals surface area contributed by atoms with E-state index in [9.17, 15) is 31.1 Å². The molecule has 0 saturated carbocycles. The number of aryl methyl sites for hydroxylation is 1. The normalized spacial score (nSPS) is 15.3. The smallest absolute Gasteiger partial charge is 0.416 e. The maximum atomic E-state index is 14.6. The lowest BCUT2D eigenvalue weighted by Crippen LogP contribution is -2.32. The van der Waals surface area contributed by atoms with Crippen LogP contribution in [0.4, 0.5) is 32.2 Å². The van der Waals surface area contributed by atoms with Gasteiger partial charge in [-0.25, -0.2) is 18.0 Å². The molecule has 1 aliphatic heterocycles. The molecule has 3 aromatic rings. The van der Waals surface area contributed by atoms with Gasteiger partial charge >= 0.3 is 11.9 Å². The van der Waals surface area contributed by atoms with Crippen LogP contribution in [-0.4, -0.2) is 28.6 Å². The highest BCUT2D eigenvalue weighted by Crippen LogP contribution is 2.36. The number of anilines is 1. The van der Waals surface area contributed by atoms with Crippen LogP contribution in [0, 0.1) is 12.7 Å². The fraction of sp³-hybridized carbons (Fsp3) is 0.333. The van der Waals surface area contributed by atoms with E-state index in [1.807, 2.05) is 0 Å². The van der Waals surface area contributed by atoms with Crippen LogP contribution in [0.5, 0.6) is 17.4 Å². The van der Waals surface area contributed by atoms with Gasteiger partial charge in [0.05, 0.1) is 12.1 Å². The van der Waals surface area contributed by atoms with Gasteiger partial charge in [-0.1, -0.05) is 12.1 Å². The Hall–Kier alpha value is -3.70. The predicted molar refractivity (Wildman–Crippen MR) is 118 cm³/mol. The predicted octanol–water partition coefficient (Wildman–Crippen LogP) is 5.46. The van der Waals surface area contributed by atoms with Crippen molar-refractivity contribution in [1.82, 2.24) is 9.55 Å². The van der Waals surface area contributed by atoms with Crippen molar-refractivity contribution in [2.45, 2.75) is 32.1 Å². The minimum atomic E-state index is -4.58. The van der Waals surface area contributed by atoms with Crippen LogP contribution in [0.2, 0.25) is 0 Å². The van der Waals surface area contributed by atoms with Crippen molar-refractivity contribution in [3.8, 4) is 17.4 Å². The van der Waals surface area contributed by atoms with Gasteiger partial charge < -0.3 is 14.4 Å². The number of benzene rings is 2. The van der Waals surface area contributed by atoms with E-state index in [1.54, 1.807) is 0 Å². The van der Waals surface area contributed by atoms with Gasteiger partial charge in [0, 0.05) is 26.1 Å². The summed E-state index contributed by atoms with van der Waals surface area (Å²) in [5.74, 6) is -4.09. The van der Waals surface area contributed by atoms with E-state index in [0.717, 1.165) is 16.7 Å². The maximum Gasteiger partial charge on any atom is 0.416 e. The van der Waals surface area contributed by atoms with Gasteiger partial charge in [0.15, 0.2) is 11.6 Å². The molecule has 4 rings (SSSR count). The van der Waals surface area contributed by atoms with Gasteiger partial charge in [0.25, 0.3) is 5.92 Å². The molecule has 2 aromatic carbocycles. The zero-order valence-corrected chi connectivity index (χ0v) is 19.2. The lowest BCUT2D eigenvalue weighted by Gasteiger charge is -2.21. The third-order valence-corrected chi connectivity index (χ3v) is 5.71. The summed E-state index contributed by atoms with van der Waals surface area (Å²) in [6.45, 7) is 0.613. The second-order valence-corrected chi connectivity index (χ2v) is 8.45. The van der Waals surface area contributed by atoms with E-state index in [-0.39, 0.29) is 48.3 Å². The Morgan fingerprint density at radius 1 is 1.11 bits per heavy atom. The number of hydrogen-bond acceptors (Lipinski definition) is 5. The van der Waals surface area contributed by atoms with Crippen molar-refractivity contribution in [3.63, 3.8) is 0 Å². The Bertz CT molecular complexity index is 1340. The zero-order valence-electron chi connectivity index (χ0n) is 19.2. The monoisotopic (exact) mass is 513 g/mol. The highest BCUT2D eigenvalue weighted by molar-refractivity contribution is 5.44. The highest BCUT2D eigenvalue weighted by Gasteiger charge is 2.39.